The fourth-order valence-electron chi connectivity index (χ4n) is 1.88. The van der Waals surface area contributed by atoms with Gasteiger partial charge in [-0.2, -0.15) is 0 Å². The summed E-state index contributed by atoms with van der Waals surface area (Å²) < 4.78 is 13.9. The molecular weight excluding hydrogens is 334 g/mol. The average molecular weight is 348 g/mol. The number of hydrogen-bond donors (Lipinski definition) is 2. The van der Waals surface area contributed by atoms with E-state index in [4.69, 9.17) is 0 Å². The Morgan fingerprint density at radius 1 is 1.41 bits per heavy atom. The van der Waals surface area contributed by atoms with E-state index in [9.17, 15) is 9.18 Å². The van der Waals surface area contributed by atoms with Crippen LogP contribution in [0.3, 0.4) is 0 Å². The summed E-state index contributed by atoms with van der Waals surface area (Å²) in [4.78, 5) is 11.8. The number of rotatable bonds is 2. The van der Waals surface area contributed by atoms with E-state index in [0.29, 0.717) is 20.9 Å². The number of nitrogens with one attached hydrogen (secondary N) is 2. The van der Waals surface area contributed by atoms with Crippen LogP contribution in [-0.4, -0.2) is 11.9 Å². The molecule has 0 radical (unpaired) electrons. The summed E-state index contributed by atoms with van der Waals surface area (Å²) in [5, 5.41) is 5.90. The molecule has 92 valence electrons. The third kappa shape index (κ3) is 2.70. The third-order valence-electron chi connectivity index (χ3n) is 2.67. The number of anilines is 2. The summed E-state index contributed by atoms with van der Waals surface area (Å²) in [6.07, 6.45) is 0.735. The van der Waals surface area contributed by atoms with Crippen molar-refractivity contribution in [2.45, 2.75) is 26.3 Å². The van der Waals surface area contributed by atoms with Crippen LogP contribution in [0, 0.1) is 15.3 Å². The lowest BCUT2D eigenvalue weighted by molar-refractivity contribution is -0.117. The van der Waals surface area contributed by atoms with E-state index in [0.717, 1.165) is 6.42 Å². The first kappa shape index (κ1) is 12.6. The molecule has 1 aliphatic heterocycles. The Morgan fingerprint density at radius 2 is 2.12 bits per heavy atom. The van der Waals surface area contributed by atoms with Gasteiger partial charge in [0, 0.05) is 6.07 Å². The molecule has 0 bridgehead atoms. The molecule has 1 aliphatic rings. The second kappa shape index (κ2) is 4.80. The summed E-state index contributed by atoms with van der Waals surface area (Å²) in [6.45, 7) is 4.11. The topological polar surface area (TPSA) is 41.1 Å². The number of carbonyl (C=O) groups excluding carboxylic acids is 1. The highest BCUT2D eigenvalue weighted by Crippen LogP contribution is 2.31. The van der Waals surface area contributed by atoms with Crippen molar-refractivity contribution in [1.29, 1.82) is 0 Å². The molecule has 0 saturated carbocycles. The van der Waals surface area contributed by atoms with Crippen molar-refractivity contribution >= 4 is 39.9 Å². The normalized spacial score (nSPS) is 18.6. The van der Waals surface area contributed by atoms with Crippen molar-refractivity contribution in [3.05, 3.63) is 21.5 Å². The van der Waals surface area contributed by atoms with E-state index in [1.807, 2.05) is 22.6 Å². The second-order valence-electron chi connectivity index (χ2n) is 4.63. The Hall–Kier alpha value is -0.850. The van der Waals surface area contributed by atoms with Gasteiger partial charge in [-0.3, -0.25) is 4.79 Å². The second-order valence-corrected chi connectivity index (χ2v) is 5.79. The fourth-order valence-corrected chi connectivity index (χ4v) is 2.35. The number of benzene rings is 1. The molecule has 2 N–H and O–H groups in total. The van der Waals surface area contributed by atoms with Crippen molar-refractivity contribution in [3.8, 4) is 0 Å². The van der Waals surface area contributed by atoms with Crippen LogP contribution in [0.5, 0.6) is 0 Å². The van der Waals surface area contributed by atoms with Crippen LogP contribution in [0.4, 0.5) is 15.8 Å². The lowest BCUT2D eigenvalue weighted by Gasteiger charge is -2.28. The highest BCUT2D eigenvalue weighted by atomic mass is 127. The first-order valence-electron chi connectivity index (χ1n) is 5.54. The van der Waals surface area contributed by atoms with Gasteiger partial charge >= 0.3 is 0 Å². The molecule has 0 aromatic heterocycles. The zero-order valence-electron chi connectivity index (χ0n) is 9.68. The van der Waals surface area contributed by atoms with E-state index in [2.05, 4.69) is 24.5 Å². The van der Waals surface area contributed by atoms with Crippen molar-refractivity contribution in [1.82, 2.24) is 0 Å². The molecule has 3 nitrogen and oxygen atoms in total. The van der Waals surface area contributed by atoms with Crippen LogP contribution in [0.1, 0.15) is 20.3 Å². The van der Waals surface area contributed by atoms with Gasteiger partial charge < -0.3 is 10.6 Å². The van der Waals surface area contributed by atoms with Gasteiger partial charge in [0.1, 0.15) is 11.9 Å². The van der Waals surface area contributed by atoms with Crippen molar-refractivity contribution in [2.24, 2.45) is 5.92 Å². The Balaban J connectivity index is 2.28. The highest BCUT2D eigenvalue weighted by Gasteiger charge is 2.26. The number of carbonyl (C=O) groups is 1. The molecule has 1 atom stereocenters. The van der Waals surface area contributed by atoms with Gasteiger partial charge in [-0.1, -0.05) is 13.8 Å². The van der Waals surface area contributed by atoms with Gasteiger partial charge in [-0.05, 0) is 41.0 Å². The molecule has 1 heterocycles. The van der Waals surface area contributed by atoms with E-state index >= 15 is 0 Å². The highest BCUT2D eigenvalue weighted by molar-refractivity contribution is 14.1. The number of fused-ring (bicyclic) bond motifs is 1. The largest absolute Gasteiger partial charge is 0.372 e. The van der Waals surface area contributed by atoms with Crippen molar-refractivity contribution in [2.75, 3.05) is 10.6 Å². The monoisotopic (exact) mass is 348 g/mol. The summed E-state index contributed by atoms with van der Waals surface area (Å²) in [7, 11) is 0. The van der Waals surface area contributed by atoms with Crippen LogP contribution in [-0.2, 0) is 4.79 Å². The number of amides is 1. The lowest BCUT2D eigenvalue weighted by atomic mass is 10.0. The predicted octanol–water partition coefficient (Wildman–Crippen LogP) is 3.21. The van der Waals surface area contributed by atoms with Crippen LogP contribution in [0.2, 0.25) is 0 Å². The maximum atomic E-state index is 13.4. The Kier molecular flexibility index (Phi) is 3.56. The fraction of sp³-hybridized carbons (Fsp3) is 0.417. The summed E-state index contributed by atoms with van der Waals surface area (Å²) in [5.41, 5.74) is 1.31. The molecule has 1 aromatic rings. The molecule has 0 saturated heterocycles. The average Bonchev–Trinajstić information content (AvgIpc) is 2.22. The third-order valence-corrected chi connectivity index (χ3v) is 3.50. The minimum absolute atomic E-state index is 0.0476. The smallest absolute Gasteiger partial charge is 0.246 e. The molecule has 1 amide bonds. The van der Waals surface area contributed by atoms with Crippen LogP contribution < -0.4 is 10.6 Å². The molecule has 0 spiro atoms. The van der Waals surface area contributed by atoms with Gasteiger partial charge in [0.05, 0.1) is 14.9 Å². The summed E-state index contributed by atoms with van der Waals surface area (Å²) in [6, 6.07) is 2.80. The van der Waals surface area contributed by atoms with Crippen LogP contribution in [0.15, 0.2) is 12.1 Å². The molecule has 0 aliphatic carbocycles. The standard InChI is InChI=1S/C12H14FIN2O/c1-6(2)3-11-12(17)16-10-5-8(14)7(13)4-9(10)15-11/h4-6,11,15H,3H2,1-2H3,(H,16,17). The van der Waals surface area contributed by atoms with E-state index < -0.39 is 0 Å². The quantitative estimate of drug-likeness (QED) is 0.806. The lowest BCUT2D eigenvalue weighted by Crippen LogP contribution is -2.39. The van der Waals surface area contributed by atoms with Crippen molar-refractivity contribution in [3.63, 3.8) is 0 Å². The first-order chi connectivity index (χ1) is 7.97. The Bertz CT molecular complexity index is 462. The first-order valence-corrected chi connectivity index (χ1v) is 6.61. The molecule has 1 aromatic carbocycles. The minimum atomic E-state index is -0.276. The maximum Gasteiger partial charge on any atom is 0.246 e. The zero-order chi connectivity index (χ0) is 12.6. The molecule has 1 unspecified atom stereocenters. The predicted molar refractivity (Wildman–Crippen MR) is 74.6 cm³/mol. The Labute approximate surface area is 113 Å². The minimum Gasteiger partial charge on any atom is -0.372 e. The van der Waals surface area contributed by atoms with E-state index in [-0.39, 0.29) is 17.8 Å². The van der Waals surface area contributed by atoms with Gasteiger partial charge in [-0.15, -0.1) is 0 Å². The van der Waals surface area contributed by atoms with E-state index in [1.54, 1.807) is 6.07 Å². The number of hydrogen-bond acceptors (Lipinski definition) is 2. The molecule has 0 fully saturated rings. The molecular formula is C12H14FIN2O. The van der Waals surface area contributed by atoms with Crippen LogP contribution in [0.25, 0.3) is 0 Å². The van der Waals surface area contributed by atoms with Gasteiger partial charge in [0.2, 0.25) is 5.91 Å². The zero-order valence-corrected chi connectivity index (χ0v) is 11.8. The van der Waals surface area contributed by atoms with Crippen molar-refractivity contribution < 1.29 is 9.18 Å². The Morgan fingerprint density at radius 3 is 2.76 bits per heavy atom. The maximum absolute atomic E-state index is 13.4. The molecule has 5 heteroatoms. The van der Waals surface area contributed by atoms with Crippen LogP contribution >= 0.6 is 22.6 Å². The van der Waals surface area contributed by atoms with E-state index in [1.165, 1.54) is 6.07 Å². The molecule has 2 rings (SSSR count). The summed E-state index contributed by atoms with van der Waals surface area (Å²) >= 11 is 1.91. The summed E-state index contributed by atoms with van der Waals surface area (Å²) in [5.74, 6) is 0.0957. The van der Waals surface area contributed by atoms with Gasteiger partial charge in [0.15, 0.2) is 0 Å². The molecule has 17 heavy (non-hydrogen) atoms. The van der Waals surface area contributed by atoms with Gasteiger partial charge in [-0.25, -0.2) is 4.39 Å². The number of halogens is 2. The van der Waals surface area contributed by atoms with Gasteiger partial charge in [0.25, 0.3) is 0 Å². The SMILES string of the molecule is CC(C)CC1Nc2cc(F)c(I)cc2NC1=O.